The van der Waals surface area contributed by atoms with Gasteiger partial charge in [-0.25, -0.2) is 0 Å². The maximum atomic E-state index is 12.6. The minimum Gasteiger partial charge on any atom is -0.369 e. The number of hydrogen-bond acceptors (Lipinski definition) is 4. The lowest BCUT2D eigenvalue weighted by molar-refractivity contribution is 0.0787. The van der Waals surface area contributed by atoms with Crippen molar-refractivity contribution in [1.82, 2.24) is 14.8 Å². The maximum absolute atomic E-state index is 12.6. The van der Waals surface area contributed by atoms with Crippen LogP contribution in [0.25, 0.3) is 6.08 Å². The predicted octanol–water partition coefficient (Wildman–Crippen LogP) is 3.79. The quantitative estimate of drug-likeness (QED) is 0.685. The molecule has 154 valence electrons. The van der Waals surface area contributed by atoms with Crippen LogP contribution in [0, 0.1) is 0 Å². The van der Waals surface area contributed by atoms with E-state index < -0.39 is 0 Å². The first-order valence-corrected chi connectivity index (χ1v) is 10.6. The molecule has 29 heavy (non-hydrogen) atoms. The van der Waals surface area contributed by atoms with Crippen molar-refractivity contribution in [2.24, 2.45) is 0 Å². The topological polar surface area (TPSA) is 39.7 Å². The first-order chi connectivity index (χ1) is 14.2. The summed E-state index contributed by atoms with van der Waals surface area (Å²) >= 11 is 0. The van der Waals surface area contributed by atoms with Gasteiger partial charge in [0.2, 0.25) is 0 Å². The standard InChI is InChI=1S/C24H32N4O/c1-3-4-14-26(2)24(29)23-20-22(12-13-25-23)28-18-16-27(17-19-28)15-8-11-21-9-6-5-7-10-21/h5-13,20H,3-4,14-19H2,1-2H3/b11-8+. The summed E-state index contributed by atoms with van der Waals surface area (Å²) in [7, 11) is 1.86. The van der Waals surface area contributed by atoms with Crippen LogP contribution in [-0.2, 0) is 0 Å². The van der Waals surface area contributed by atoms with Gasteiger partial charge in [0.1, 0.15) is 5.69 Å². The number of carbonyl (C=O) groups excluding carboxylic acids is 1. The zero-order chi connectivity index (χ0) is 20.5. The van der Waals surface area contributed by atoms with E-state index in [0.29, 0.717) is 5.69 Å². The van der Waals surface area contributed by atoms with Crippen LogP contribution >= 0.6 is 0 Å². The molecule has 2 aromatic rings. The molecule has 0 saturated carbocycles. The number of hydrogen-bond donors (Lipinski definition) is 0. The molecule has 1 aromatic carbocycles. The van der Waals surface area contributed by atoms with Gasteiger partial charge in [0.25, 0.3) is 5.91 Å². The zero-order valence-corrected chi connectivity index (χ0v) is 17.6. The van der Waals surface area contributed by atoms with Crippen LogP contribution in [0.1, 0.15) is 35.8 Å². The van der Waals surface area contributed by atoms with Crippen LogP contribution in [-0.4, -0.2) is 67.0 Å². The first kappa shape index (κ1) is 21.1. The van der Waals surface area contributed by atoms with E-state index in [1.807, 2.05) is 25.2 Å². The fourth-order valence-electron chi connectivity index (χ4n) is 3.52. The highest BCUT2D eigenvalue weighted by molar-refractivity contribution is 5.93. The second kappa shape index (κ2) is 10.8. The lowest BCUT2D eigenvalue weighted by atomic mass is 10.2. The highest BCUT2D eigenvalue weighted by Gasteiger charge is 2.19. The van der Waals surface area contributed by atoms with Crippen LogP contribution < -0.4 is 4.90 Å². The number of nitrogens with zero attached hydrogens (tertiary/aromatic N) is 4. The number of anilines is 1. The van der Waals surface area contributed by atoms with Crippen LogP contribution in [0.5, 0.6) is 0 Å². The summed E-state index contributed by atoms with van der Waals surface area (Å²) in [4.78, 5) is 23.5. The molecule has 1 aliphatic rings. The number of amides is 1. The van der Waals surface area contributed by atoms with Crippen molar-refractivity contribution in [2.75, 3.05) is 51.2 Å². The number of rotatable bonds is 8. The molecular weight excluding hydrogens is 360 g/mol. The van der Waals surface area contributed by atoms with Crippen molar-refractivity contribution >= 4 is 17.7 Å². The number of carbonyl (C=O) groups is 1. The normalized spacial score (nSPS) is 15.0. The maximum Gasteiger partial charge on any atom is 0.272 e. The summed E-state index contributed by atoms with van der Waals surface area (Å²) < 4.78 is 0. The molecule has 0 bridgehead atoms. The lowest BCUT2D eigenvalue weighted by Crippen LogP contribution is -2.46. The van der Waals surface area contributed by atoms with E-state index in [1.54, 1.807) is 11.1 Å². The Morgan fingerprint density at radius 2 is 1.90 bits per heavy atom. The number of unbranched alkanes of at least 4 members (excludes halogenated alkanes) is 1. The third-order valence-electron chi connectivity index (χ3n) is 5.37. The Morgan fingerprint density at radius 1 is 1.14 bits per heavy atom. The van der Waals surface area contributed by atoms with Crippen molar-refractivity contribution in [3.8, 4) is 0 Å². The third kappa shape index (κ3) is 6.16. The van der Waals surface area contributed by atoms with E-state index in [9.17, 15) is 4.79 Å². The fourth-order valence-corrected chi connectivity index (χ4v) is 3.52. The Bertz CT molecular complexity index is 798. The molecule has 0 aliphatic carbocycles. The van der Waals surface area contributed by atoms with Gasteiger partial charge in [0.15, 0.2) is 0 Å². The van der Waals surface area contributed by atoms with E-state index in [0.717, 1.165) is 57.8 Å². The van der Waals surface area contributed by atoms with Crippen LogP contribution in [0.2, 0.25) is 0 Å². The van der Waals surface area contributed by atoms with Gasteiger partial charge in [-0.05, 0) is 24.1 Å². The summed E-state index contributed by atoms with van der Waals surface area (Å²) in [6, 6.07) is 14.4. The van der Waals surface area contributed by atoms with E-state index in [-0.39, 0.29) is 5.91 Å². The van der Waals surface area contributed by atoms with Gasteiger partial charge >= 0.3 is 0 Å². The summed E-state index contributed by atoms with van der Waals surface area (Å²) in [5.41, 5.74) is 2.87. The van der Waals surface area contributed by atoms with Gasteiger partial charge in [-0.1, -0.05) is 55.8 Å². The SMILES string of the molecule is CCCCN(C)C(=O)c1cc(N2CCN(C/C=C/c3ccccc3)CC2)ccn1. The molecule has 1 saturated heterocycles. The van der Waals surface area contributed by atoms with Crippen LogP contribution in [0.4, 0.5) is 5.69 Å². The molecule has 0 spiro atoms. The molecule has 0 N–H and O–H groups in total. The monoisotopic (exact) mass is 392 g/mol. The van der Waals surface area contributed by atoms with Crippen molar-refractivity contribution in [2.45, 2.75) is 19.8 Å². The molecule has 1 aromatic heterocycles. The minimum atomic E-state index is 0.00462. The number of benzene rings is 1. The first-order valence-electron chi connectivity index (χ1n) is 10.6. The van der Waals surface area contributed by atoms with Crippen LogP contribution in [0.15, 0.2) is 54.7 Å². The average Bonchev–Trinajstić information content (AvgIpc) is 2.78. The molecule has 1 fully saturated rings. The van der Waals surface area contributed by atoms with E-state index in [2.05, 4.69) is 58.1 Å². The van der Waals surface area contributed by atoms with E-state index >= 15 is 0 Å². The highest BCUT2D eigenvalue weighted by Crippen LogP contribution is 2.18. The van der Waals surface area contributed by atoms with Crippen molar-refractivity contribution in [3.05, 3.63) is 66.0 Å². The molecule has 2 heterocycles. The Kier molecular flexibility index (Phi) is 7.82. The average molecular weight is 393 g/mol. The molecular formula is C24H32N4O. The smallest absolute Gasteiger partial charge is 0.272 e. The zero-order valence-electron chi connectivity index (χ0n) is 17.6. The van der Waals surface area contributed by atoms with Gasteiger partial charge in [-0.15, -0.1) is 0 Å². The Labute approximate surface area is 174 Å². The third-order valence-corrected chi connectivity index (χ3v) is 5.37. The lowest BCUT2D eigenvalue weighted by Gasteiger charge is -2.35. The highest BCUT2D eigenvalue weighted by atomic mass is 16.2. The number of aromatic nitrogens is 1. The summed E-state index contributed by atoms with van der Waals surface area (Å²) in [5.74, 6) is 0.00462. The van der Waals surface area contributed by atoms with Gasteiger partial charge in [0.05, 0.1) is 0 Å². The fraction of sp³-hybridized carbons (Fsp3) is 0.417. The molecule has 5 nitrogen and oxygen atoms in total. The molecule has 0 unspecified atom stereocenters. The second-order valence-electron chi connectivity index (χ2n) is 7.58. The second-order valence-corrected chi connectivity index (χ2v) is 7.58. The Balaban J connectivity index is 1.51. The molecule has 0 atom stereocenters. The van der Waals surface area contributed by atoms with Crippen LogP contribution in [0.3, 0.4) is 0 Å². The largest absolute Gasteiger partial charge is 0.369 e. The number of pyridine rings is 1. The Hall–Kier alpha value is -2.66. The van der Waals surface area contributed by atoms with Gasteiger partial charge < -0.3 is 9.80 Å². The van der Waals surface area contributed by atoms with Gasteiger partial charge in [0, 0.05) is 58.2 Å². The molecule has 1 aliphatic heterocycles. The minimum absolute atomic E-state index is 0.00462. The molecule has 3 rings (SSSR count). The van der Waals surface area contributed by atoms with Crippen molar-refractivity contribution in [1.29, 1.82) is 0 Å². The molecule has 1 amide bonds. The van der Waals surface area contributed by atoms with Crippen molar-refractivity contribution in [3.63, 3.8) is 0 Å². The van der Waals surface area contributed by atoms with E-state index in [4.69, 9.17) is 0 Å². The Morgan fingerprint density at radius 3 is 2.62 bits per heavy atom. The number of piperazine rings is 1. The molecule has 5 heteroatoms. The van der Waals surface area contributed by atoms with Gasteiger partial charge in [-0.3, -0.25) is 14.7 Å². The summed E-state index contributed by atoms with van der Waals surface area (Å²) in [6.45, 7) is 7.82. The van der Waals surface area contributed by atoms with Crippen molar-refractivity contribution < 1.29 is 4.79 Å². The van der Waals surface area contributed by atoms with E-state index in [1.165, 1.54) is 5.56 Å². The summed E-state index contributed by atoms with van der Waals surface area (Å²) in [5, 5.41) is 0. The van der Waals surface area contributed by atoms with Gasteiger partial charge in [-0.2, -0.15) is 0 Å². The summed E-state index contributed by atoms with van der Waals surface area (Å²) in [6.07, 6.45) is 8.27. The predicted molar refractivity (Wildman–Crippen MR) is 120 cm³/mol. The molecule has 0 radical (unpaired) electrons.